The van der Waals surface area contributed by atoms with Crippen LogP contribution in [0.1, 0.15) is 35.4 Å². The van der Waals surface area contributed by atoms with Gasteiger partial charge >= 0.3 is 0 Å². The molecule has 0 aliphatic heterocycles. The van der Waals surface area contributed by atoms with E-state index in [1.54, 1.807) is 11.3 Å². The van der Waals surface area contributed by atoms with E-state index in [2.05, 4.69) is 4.98 Å². The Morgan fingerprint density at radius 1 is 1.50 bits per heavy atom. The molecule has 3 nitrogen and oxygen atoms in total. The van der Waals surface area contributed by atoms with Gasteiger partial charge in [-0.25, -0.2) is 4.98 Å². The van der Waals surface area contributed by atoms with E-state index in [0.717, 1.165) is 15.8 Å². The van der Waals surface area contributed by atoms with E-state index in [0.29, 0.717) is 5.92 Å². The number of thiazole rings is 1. The van der Waals surface area contributed by atoms with Gasteiger partial charge in [-0.15, -0.1) is 11.3 Å². The average molecular weight is 234 g/mol. The van der Waals surface area contributed by atoms with Crippen LogP contribution in [0.5, 0.6) is 0 Å². The predicted molar refractivity (Wildman–Crippen MR) is 65.6 cm³/mol. The van der Waals surface area contributed by atoms with Gasteiger partial charge in [0.05, 0.1) is 21.3 Å². The quantitative estimate of drug-likeness (QED) is 0.855. The fourth-order valence-corrected chi connectivity index (χ4v) is 3.18. The van der Waals surface area contributed by atoms with Crippen LogP contribution in [0.15, 0.2) is 18.2 Å². The number of hydrogen-bond donors (Lipinski definition) is 2. The first kappa shape index (κ1) is 10.2. The molecule has 1 fully saturated rings. The Morgan fingerprint density at radius 2 is 2.31 bits per heavy atom. The van der Waals surface area contributed by atoms with Crippen molar-refractivity contribution in [2.75, 3.05) is 6.54 Å². The highest BCUT2D eigenvalue weighted by atomic mass is 32.1. The second-order valence-corrected chi connectivity index (χ2v) is 5.30. The van der Waals surface area contributed by atoms with Gasteiger partial charge in [-0.1, -0.05) is 12.1 Å². The van der Waals surface area contributed by atoms with Crippen molar-refractivity contribution in [2.45, 2.75) is 24.9 Å². The van der Waals surface area contributed by atoms with Gasteiger partial charge in [-0.2, -0.15) is 0 Å². The molecule has 1 unspecified atom stereocenters. The Bertz CT molecular complexity index is 519. The van der Waals surface area contributed by atoms with Crippen molar-refractivity contribution in [1.29, 1.82) is 0 Å². The van der Waals surface area contributed by atoms with Gasteiger partial charge in [-0.3, -0.25) is 0 Å². The number of aromatic nitrogens is 1. The molecule has 2 aromatic rings. The third kappa shape index (κ3) is 1.63. The maximum Gasteiger partial charge on any atom is 0.0969 e. The van der Waals surface area contributed by atoms with Crippen LogP contribution in [-0.2, 0) is 0 Å². The zero-order chi connectivity index (χ0) is 11.1. The SMILES string of the molecule is NCC(O)c1cccc2nc(C3CC3)sc12. The Hall–Kier alpha value is -0.970. The molecule has 0 spiro atoms. The molecule has 3 N–H and O–H groups in total. The van der Waals surface area contributed by atoms with E-state index in [9.17, 15) is 5.11 Å². The summed E-state index contributed by atoms with van der Waals surface area (Å²) >= 11 is 1.71. The van der Waals surface area contributed by atoms with E-state index < -0.39 is 6.10 Å². The number of aliphatic hydroxyl groups excluding tert-OH is 1. The molecule has 16 heavy (non-hydrogen) atoms. The standard InChI is InChI=1S/C12H14N2OS/c13-6-10(15)8-2-1-3-9-11(8)16-12(14-9)7-4-5-7/h1-3,7,10,15H,4-6,13H2. The van der Waals surface area contributed by atoms with Crippen LogP contribution in [-0.4, -0.2) is 16.6 Å². The number of hydrogen-bond acceptors (Lipinski definition) is 4. The maximum absolute atomic E-state index is 9.84. The summed E-state index contributed by atoms with van der Waals surface area (Å²) in [6.07, 6.45) is 1.94. The molecular formula is C12H14N2OS. The molecule has 0 amide bonds. The molecule has 1 atom stereocenters. The summed E-state index contributed by atoms with van der Waals surface area (Å²) in [4.78, 5) is 4.62. The van der Waals surface area contributed by atoms with Gasteiger partial charge in [-0.05, 0) is 18.9 Å². The molecule has 4 heteroatoms. The van der Waals surface area contributed by atoms with Crippen molar-refractivity contribution in [2.24, 2.45) is 5.73 Å². The molecule has 3 rings (SSSR count). The number of rotatable bonds is 3. The summed E-state index contributed by atoms with van der Waals surface area (Å²) < 4.78 is 1.10. The van der Waals surface area contributed by atoms with Crippen LogP contribution in [0.2, 0.25) is 0 Å². The molecule has 1 saturated carbocycles. The van der Waals surface area contributed by atoms with Crippen LogP contribution in [0.3, 0.4) is 0 Å². The molecule has 0 radical (unpaired) electrons. The number of fused-ring (bicyclic) bond motifs is 1. The summed E-state index contributed by atoms with van der Waals surface area (Å²) in [6, 6.07) is 5.88. The first-order valence-corrected chi connectivity index (χ1v) is 6.38. The number of nitrogens with two attached hydrogens (primary N) is 1. The van der Waals surface area contributed by atoms with E-state index >= 15 is 0 Å². The van der Waals surface area contributed by atoms with Crippen LogP contribution >= 0.6 is 11.3 Å². The molecule has 0 bridgehead atoms. The second-order valence-electron chi connectivity index (χ2n) is 4.27. The van der Waals surface area contributed by atoms with Gasteiger partial charge in [0.25, 0.3) is 0 Å². The molecule has 1 aliphatic carbocycles. The fraction of sp³-hybridized carbons (Fsp3) is 0.417. The first-order valence-electron chi connectivity index (χ1n) is 5.57. The highest BCUT2D eigenvalue weighted by Gasteiger charge is 2.27. The van der Waals surface area contributed by atoms with Crippen LogP contribution in [0.25, 0.3) is 10.2 Å². The smallest absolute Gasteiger partial charge is 0.0969 e. The minimum atomic E-state index is -0.573. The van der Waals surface area contributed by atoms with Gasteiger partial charge in [0.2, 0.25) is 0 Å². The Morgan fingerprint density at radius 3 is 3.00 bits per heavy atom. The third-order valence-electron chi connectivity index (χ3n) is 2.97. The lowest BCUT2D eigenvalue weighted by Crippen LogP contribution is -2.11. The first-order chi connectivity index (χ1) is 7.79. The zero-order valence-corrected chi connectivity index (χ0v) is 9.70. The van der Waals surface area contributed by atoms with Crippen molar-refractivity contribution in [3.63, 3.8) is 0 Å². The van der Waals surface area contributed by atoms with Crippen LogP contribution < -0.4 is 5.73 Å². The number of benzene rings is 1. The minimum absolute atomic E-state index is 0.260. The van der Waals surface area contributed by atoms with Crippen molar-refractivity contribution < 1.29 is 5.11 Å². The lowest BCUT2D eigenvalue weighted by atomic mass is 10.1. The lowest BCUT2D eigenvalue weighted by Gasteiger charge is -2.07. The summed E-state index contributed by atoms with van der Waals surface area (Å²) in [5.74, 6) is 0.667. The van der Waals surface area contributed by atoms with Gasteiger partial charge in [0.1, 0.15) is 0 Å². The largest absolute Gasteiger partial charge is 0.387 e. The van der Waals surface area contributed by atoms with Gasteiger partial charge in [0.15, 0.2) is 0 Å². The monoisotopic (exact) mass is 234 g/mol. The van der Waals surface area contributed by atoms with E-state index in [1.165, 1.54) is 17.8 Å². The average Bonchev–Trinajstić information content (AvgIpc) is 3.07. The molecule has 1 aromatic carbocycles. The highest BCUT2D eigenvalue weighted by Crippen LogP contribution is 2.44. The molecular weight excluding hydrogens is 220 g/mol. The van der Waals surface area contributed by atoms with Crippen molar-refractivity contribution in [1.82, 2.24) is 4.98 Å². The zero-order valence-electron chi connectivity index (χ0n) is 8.89. The maximum atomic E-state index is 9.84. The van der Waals surface area contributed by atoms with Crippen LogP contribution in [0.4, 0.5) is 0 Å². The van der Waals surface area contributed by atoms with Crippen molar-refractivity contribution >= 4 is 21.6 Å². The second kappa shape index (κ2) is 3.80. The summed E-state index contributed by atoms with van der Waals surface area (Å²) in [5.41, 5.74) is 7.43. The highest BCUT2D eigenvalue weighted by molar-refractivity contribution is 7.18. The number of aliphatic hydroxyl groups is 1. The summed E-state index contributed by atoms with van der Waals surface area (Å²) in [5, 5.41) is 11.1. The molecule has 1 aromatic heterocycles. The van der Waals surface area contributed by atoms with E-state index in [4.69, 9.17) is 5.73 Å². The molecule has 1 heterocycles. The van der Waals surface area contributed by atoms with Gasteiger partial charge < -0.3 is 10.8 Å². The van der Waals surface area contributed by atoms with Crippen molar-refractivity contribution in [3.8, 4) is 0 Å². The molecule has 0 saturated heterocycles. The Balaban J connectivity index is 2.13. The summed E-state index contributed by atoms with van der Waals surface area (Å²) in [7, 11) is 0. The molecule has 1 aliphatic rings. The predicted octanol–water partition coefficient (Wildman–Crippen LogP) is 2.17. The van der Waals surface area contributed by atoms with E-state index in [-0.39, 0.29) is 6.54 Å². The topological polar surface area (TPSA) is 59.1 Å². The fourth-order valence-electron chi connectivity index (χ4n) is 1.88. The van der Waals surface area contributed by atoms with E-state index in [1.807, 2.05) is 18.2 Å². The third-order valence-corrected chi connectivity index (χ3v) is 4.25. The minimum Gasteiger partial charge on any atom is -0.387 e. The normalized spacial score (nSPS) is 17.9. The lowest BCUT2D eigenvalue weighted by molar-refractivity contribution is 0.188. The Kier molecular flexibility index (Phi) is 2.42. The Labute approximate surface area is 97.9 Å². The summed E-state index contributed by atoms with van der Waals surface area (Å²) in [6.45, 7) is 0.260. The number of nitrogens with zero attached hydrogens (tertiary/aromatic N) is 1. The van der Waals surface area contributed by atoms with Gasteiger partial charge in [0, 0.05) is 18.0 Å². The molecule has 84 valence electrons. The van der Waals surface area contributed by atoms with Crippen LogP contribution in [0, 0.1) is 0 Å². The van der Waals surface area contributed by atoms with Crippen molar-refractivity contribution in [3.05, 3.63) is 28.8 Å².